The van der Waals surface area contributed by atoms with Crippen molar-refractivity contribution >= 4 is 17.6 Å². The molecule has 2 saturated heterocycles. The fourth-order valence-electron chi connectivity index (χ4n) is 3.67. The Balaban J connectivity index is 1.56. The lowest BCUT2D eigenvalue weighted by Gasteiger charge is -2.40. The van der Waals surface area contributed by atoms with Gasteiger partial charge < -0.3 is 15.2 Å². The minimum atomic E-state index is -1.00. The molecule has 2 aliphatic heterocycles. The molecule has 0 atom stereocenters. The van der Waals surface area contributed by atoms with Crippen molar-refractivity contribution < 1.29 is 19.4 Å². The van der Waals surface area contributed by atoms with Gasteiger partial charge in [-0.15, -0.1) is 0 Å². The fraction of sp³-hybridized carbons (Fsp3) is 0.316. The molecular formula is C19H18N2O4. The maximum Gasteiger partial charge on any atom is 0.312 e. The molecule has 128 valence electrons. The number of aromatic nitrogens is 1. The Morgan fingerprint density at radius 1 is 1.24 bits per heavy atom. The number of rotatable bonds is 4. The Hall–Kier alpha value is -2.73. The van der Waals surface area contributed by atoms with Crippen molar-refractivity contribution in [3.05, 3.63) is 48.3 Å². The van der Waals surface area contributed by atoms with E-state index < -0.39 is 17.0 Å². The average Bonchev–Trinajstić information content (AvgIpc) is 3.16. The topological polar surface area (TPSA) is 88.5 Å². The molecule has 2 N–H and O–H groups in total. The van der Waals surface area contributed by atoms with Gasteiger partial charge in [-0.05, 0) is 30.2 Å². The summed E-state index contributed by atoms with van der Waals surface area (Å²) in [6.07, 6.45) is 3.95. The number of benzene rings is 1. The number of anilines is 1. The summed E-state index contributed by atoms with van der Waals surface area (Å²) in [4.78, 5) is 28.1. The van der Waals surface area contributed by atoms with E-state index in [0.29, 0.717) is 5.69 Å². The maximum absolute atomic E-state index is 12.7. The SMILES string of the molecule is Cc1ccc(-c2cccnc2)cc1NC(=O)C12CC(C(=O)O)(CO1)C2. The van der Waals surface area contributed by atoms with Crippen LogP contribution in [0.4, 0.5) is 5.69 Å². The van der Waals surface area contributed by atoms with E-state index in [2.05, 4.69) is 10.3 Å². The number of carbonyl (C=O) groups is 2. The molecular weight excluding hydrogens is 320 g/mol. The summed E-state index contributed by atoms with van der Waals surface area (Å²) in [6.45, 7) is 2.02. The Morgan fingerprint density at radius 2 is 2.04 bits per heavy atom. The predicted molar refractivity (Wildman–Crippen MR) is 91.0 cm³/mol. The third-order valence-corrected chi connectivity index (χ3v) is 5.22. The first-order valence-electron chi connectivity index (χ1n) is 8.14. The second-order valence-electron chi connectivity index (χ2n) is 6.95. The van der Waals surface area contributed by atoms with Crippen LogP contribution >= 0.6 is 0 Å². The van der Waals surface area contributed by atoms with Gasteiger partial charge in [0.05, 0.1) is 12.0 Å². The van der Waals surface area contributed by atoms with Gasteiger partial charge in [-0.1, -0.05) is 18.2 Å². The molecule has 3 heterocycles. The first kappa shape index (κ1) is 15.8. The van der Waals surface area contributed by atoms with Crippen LogP contribution in [-0.2, 0) is 14.3 Å². The first-order chi connectivity index (χ1) is 11.9. The quantitative estimate of drug-likeness (QED) is 0.895. The number of aryl methyl sites for hydroxylation is 1. The molecule has 3 aliphatic rings. The van der Waals surface area contributed by atoms with E-state index in [4.69, 9.17) is 4.74 Å². The lowest BCUT2D eigenvalue weighted by molar-refractivity contribution is -0.156. The van der Waals surface area contributed by atoms with Crippen molar-refractivity contribution in [2.75, 3.05) is 11.9 Å². The Kier molecular flexibility index (Phi) is 3.40. The largest absolute Gasteiger partial charge is 0.481 e. The van der Waals surface area contributed by atoms with Crippen LogP contribution in [0, 0.1) is 12.3 Å². The molecule has 1 aliphatic carbocycles. The smallest absolute Gasteiger partial charge is 0.312 e. The highest BCUT2D eigenvalue weighted by molar-refractivity contribution is 6.01. The van der Waals surface area contributed by atoms with Gasteiger partial charge in [0.1, 0.15) is 5.60 Å². The molecule has 3 fully saturated rings. The molecule has 1 amide bonds. The first-order valence-corrected chi connectivity index (χ1v) is 8.14. The molecule has 2 aromatic rings. The van der Waals surface area contributed by atoms with E-state index in [-0.39, 0.29) is 25.4 Å². The minimum Gasteiger partial charge on any atom is -0.481 e. The van der Waals surface area contributed by atoms with Gasteiger partial charge >= 0.3 is 5.97 Å². The lowest BCUT2D eigenvalue weighted by Crippen LogP contribution is -2.55. The summed E-state index contributed by atoms with van der Waals surface area (Å²) in [5, 5.41) is 12.2. The van der Waals surface area contributed by atoms with Crippen LogP contribution in [0.3, 0.4) is 0 Å². The Labute approximate surface area is 144 Å². The van der Waals surface area contributed by atoms with E-state index in [1.807, 2.05) is 37.3 Å². The van der Waals surface area contributed by atoms with Crippen molar-refractivity contribution in [1.82, 2.24) is 4.98 Å². The van der Waals surface area contributed by atoms with Crippen LogP contribution in [0.15, 0.2) is 42.7 Å². The third-order valence-electron chi connectivity index (χ3n) is 5.22. The third kappa shape index (κ3) is 2.41. The normalized spacial score (nSPS) is 26.8. The number of nitrogens with zero attached hydrogens (tertiary/aromatic N) is 1. The van der Waals surface area contributed by atoms with Crippen molar-refractivity contribution in [2.45, 2.75) is 25.4 Å². The molecule has 5 rings (SSSR count). The van der Waals surface area contributed by atoms with Gasteiger partial charge in [0.15, 0.2) is 0 Å². The van der Waals surface area contributed by atoms with Crippen LogP contribution in [0.2, 0.25) is 0 Å². The highest BCUT2D eigenvalue weighted by Crippen LogP contribution is 2.58. The van der Waals surface area contributed by atoms with E-state index in [1.165, 1.54) is 0 Å². The second kappa shape index (κ2) is 5.39. The highest BCUT2D eigenvalue weighted by atomic mass is 16.5. The summed E-state index contributed by atoms with van der Waals surface area (Å²) in [6, 6.07) is 9.63. The molecule has 25 heavy (non-hydrogen) atoms. The average molecular weight is 338 g/mol. The molecule has 0 spiro atoms. The molecule has 6 heteroatoms. The lowest BCUT2D eigenvalue weighted by atomic mass is 9.62. The monoisotopic (exact) mass is 338 g/mol. The molecule has 1 aromatic heterocycles. The van der Waals surface area contributed by atoms with E-state index in [9.17, 15) is 14.7 Å². The number of hydrogen-bond donors (Lipinski definition) is 2. The number of carboxylic acids is 1. The highest BCUT2D eigenvalue weighted by Gasteiger charge is 2.70. The Morgan fingerprint density at radius 3 is 2.68 bits per heavy atom. The molecule has 1 aromatic carbocycles. The van der Waals surface area contributed by atoms with Crippen molar-refractivity contribution in [2.24, 2.45) is 5.41 Å². The number of hydrogen-bond acceptors (Lipinski definition) is 4. The number of aliphatic carboxylic acids is 1. The van der Waals surface area contributed by atoms with Gasteiger partial charge in [-0.3, -0.25) is 14.6 Å². The van der Waals surface area contributed by atoms with Gasteiger partial charge in [0.25, 0.3) is 5.91 Å². The molecule has 1 saturated carbocycles. The van der Waals surface area contributed by atoms with E-state index in [0.717, 1.165) is 16.7 Å². The zero-order valence-corrected chi connectivity index (χ0v) is 13.8. The minimum absolute atomic E-state index is 0.102. The van der Waals surface area contributed by atoms with Gasteiger partial charge in [0, 0.05) is 36.5 Å². The summed E-state index contributed by atoms with van der Waals surface area (Å²) >= 11 is 0. The van der Waals surface area contributed by atoms with E-state index >= 15 is 0 Å². The zero-order chi connectivity index (χ0) is 17.7. The predicted octanol–water partition coefficient (Wildman–Crippen LogP) is 2.63. The van der Waals surface area contributed by atoms with Crippen molar-refractivity contribution in [3.63, 3.8) is 0 Å². The van der Waals surface area contributed by atoms with Gasteiger partial charge in [-0.2, -0.15) is 0 Å². The van der Waals surface area contributed by atoms with Crippen LogP contribution in [0.1, 0.15) is 18.4 Å². The molecule has 0 radical (unpaired) electrons. The zero-order valence-electron chi connectivity index (χ0n) is 13.8. The number of pyridine rings is 1. The fourth-order valence-corrected chi connectivity index (χ4v) is 3.67. The number of nitrogens with one attached hydrogen (secondary N) is 1. The van der Waals surface area contributed by atoms with Crippen LogP contribution < -0.4 is 5.32 Å². The maximum atomic E-state index is 12.7. The Bertz CT molecular complexity index is 857. The summed E-state index contributed by atoms with van der Waals surface area (Å²) in [7, 11) is 0. The van der Waals surface area contributed by atoms with Gasteiger partial charge in [-0.25, -0.2) is 0 Å². The number of carboxylic acid groups (broad SMARTS) is 1. The van der Waals surface area contributed by atoms with Crippen molar-refractivity contribution in [3.8, 4) is 11.1 Å². The summed E-state index contributed by atoms with van der Waals surface area (Å²) in [5.74, 6) is -1.16. The van der Waals surface area contributed by atoms with Crippen LogP contribution in [0.5, 0.6) is 0 Å². The van der Waals surface area contributed by atoms with E-state index in [1.54, 1.807) is 12.4 Å². The van der Waals surface area contributed by atoms with Crippen LogP contribution in [-0.4, -0.2) is 34.2 Å². The molecule has 6 nitrogen and oxygen atoms in total. The van der Waals surface area contributed by atoms with Gasteiger partial charge in [0.2, 0.25) is 0 Å². The standard InChI is InChI=1S/C19H18N2O4/c1-12-4-5-13(14-3-2-6-20-8-14)7-15(12)21-16(22)19-9-18(10-19,11-25-19)17(23)24/h2-8H,9-11H2,1H3,(H,21,22)(H,23,24). The number of carbonyl (C=O) groups excluding carboxylic acids is 1. The summed E-state index contributed by atoms with van der Waals surface area (Å²) in [5.41, 5.74) is 1.65. The molecule has 2 bridgehead atoms. The summed E-state index contributed by atoms with van der Waals surface area (Å²) < 4.78 is 5.57. The molecule has 0 unspecified atom stereocenters. The second-order valence-corrected chi connectivity index (χ2v) is 6.95. The van der Waals surface area contributed by atoms with Crippen molar-refractivity contribution in [1.29, 1.82) is 0 Å². The number of fused-ring (bicyclic) bond motifs is 1. The van der Waals surface area contributed by atoms with Crippen LogP contribution in [0.25, 0.3) is 11.1 Å². The number of ether oxygens (including phenoxy) is 1. The number of amides is 1.